The van der Waals surface area contributed by atoms with Crippen LogP contribution in [0.2, 0.25) is 0 Å². The van der Waals surface area contributed by atoms with Gasteiger partial charge in [0.25, 0.3) is 5.91 Å². The van der Waals surface area contributed by atoms with Gasteiger partial charge in [-0.05, 0) is 43.7 Å². The molecule has 0 radical (unpaired) electrons. The number of ether oxygens (including phenoxy) is 1. The predicted molar refractivity (Wildman–Crippen MR) is 112 cm³/mol. The number of nitrogens with zero attached hydrogens (tertiary/aromatic N) is 2. The van der Waals surface area contributed by atoms with Gasteiger partial charge in [0, 0.05) is 12.2 Å². The molecule has 9 nitrogen and oxygen atoms in total. The van der Waals surface area contributed by atoms with Gasteiger partial charge in [-0.1, -0.05) is 30.3 Å². The molecule has 1 atom stereocenters. The van der Waals surface area contributed by atoms with Gasteiger partial charge in [-0.15, -0.1) is 0 Å². The summed E-state index contributed by atoms with van der Waals surface area (Å²) in [5.74, 6) is 1.48. The number of carbonyl (C=O) groups excluding carboxylic acids is 2. The van der Waals surface area contributed by atoms with Gasteiger partial charge in [-0.3, -0.25) is 9.89 Å². The SMILES string of the molecule is CCNC(=O)COc1ccc(NC(=O)NC(c2ccccc2)c2n[nH]c(C)n2)cc1. The van der Waals surface area contributed by atoms with E-state index in [9.17, 15) is 9.59 Å². The standard InChI is InChI=1S/C21H24N6O3/c1-3-22-18(28)13-30-17-11-9-16(10-12-17)24-21(29)25-19(15-7-5-4-6-8-15)20-23-14(2)26-27-20/h4-12,19H,3,13H2,1-2H3,(H,22,28)(H,23,26,27)(H2,24,25,29). The first-order valence-electron chi connectivity index (χ1n) is 9.56. The lowest BCUT2D eigenvalue weighted by molar-refractivity contribution is -0.122. The Bertz CT molecular complexity index is 972. The summed E-state index contributed by atoms with van der Waals surface area (Å²) in [7, 11) is 0. The molecule has 1 heterocycles. The molecule has 9 heteroatoms. The van der Waals surface area contributed by atoms with Gasteiger partial charge in [-0.25, -0.2) is 9.78 Å². The third kappa shape index (κ3) is 5.81. The summed E-state index contributed by atoms with van der Waals surface area (Å²) in [5.41, 5.74) is 1.44. The molecule has 0 saturated carbocycles. The van der Waals surface area contributed by atoms with Crippen LogP contribution < -0.4 is 20.7 Å². The molecule has 0 aliphatic rings. The second kappa shape index (κ2) is 10.1. The highest BCUT2D eigenvalue weighted by molar-refractivity contribution is 5.89. The molecule has 3 rings (SSSR count). The maximum absolute atomic E-state index is 12.6. The number of anilines is 1. The molecule has 0 saturated heterocycles. The minimum absolute atomic E-state index is 0.0596. The van der Waals surface area contributed by atoms with Gasteiger partial charge in [-0.2, -0.15) is 5.10 Å². The Morgan fingerprint density at radius 2 is 1.83 bits per heavy atom. The van der Waals surface area contributed by atoms with Gasteiger partial charge >= 0.3 is 6.03 Å². The molecule has 3 amide bonds. The summed E-state index contributed by atoms with van der Waals surface area (Å²) in [6.07, 6.45) is 0. The average molecular weight is 408 g/mol. The number of benzene rings is 2. The van der Waals surface area contributed by atoms with E-state index >= 15 is 0 Å². The number of aryl methyl sites for hydroxylation is 1. The summed E-state index contributed by atoms with van der Waals surface area (Å²) in [6, 6.07) is 15.3. The monoisotopic (exact) mass is 408 g/mol. The minimum atomic E-state index is -0.504. The zero-order valence-electron chi connectivity index (χ0n) is 16.8. The van der Waals surface area contributed by atoms with Crippen molar-refractivity contribution in [1.82, 2.24) is 25.8 Å². The van der Waals surface area contributed by atoms with Crippen LogP contribution >= 0.6 is 0 Å². The zero-order valence-corrected chi connectivity index (χ0v) is 16.8. The molecule has 0 bridgehead atoms. The van der Waals surface area contributed by atoms with Crippen molar-refractivity contribution in [3.05, 3.63) is 71.8 Å². The zero-order chi connectivity index (χ0) is 21.3. The quantitative estimate of drug-likeness (QED) is 0.456. The summed E-state index contributed by atoms with van der Waals surface area (Å²) < 4.78 is 5.40. The summed E-state index contributed by atoms with van der Waals surface area (Å²) in [4.78, 5) is 28.4. The van der Waals surface area contributed by atoms with E-state index in [1.165, 1.54) is 0 Å². The second-order valence-electron chi connectivity index (χ2n) is 6.49. The van der Waals surface area contributed by atoms with Gasteiger partial charge in [0.15, 0.2) is 12.4 Å². The van der Waals surface area contributed by atoms with E-state index < -0.39 is 12.1 Å². The lowest BCUT2D eigenvalue weighted by Gasteiger charge is -2.17. The van der Waals surface area contributed by atoms with Gasteiger partial charge in [0.05, 0.1) is 0 Å². The Hall–Kier alpha value is -3.88. The molecule has 0 aliphatic heterocycles. The minimum Gasteiger partial charge on any atom is -0.484 e. The molecule has 0 aliphatic carbocycles. The van der Waals surface area contributed by atoms with Crippen LogP contribution in [0.3, 0.4) is 0 Å². The van der Waals surface area contributed by atoms with Crippen LogP contribution in [0.25, 0.3) is 0 Å². The number of amides is 3. The maximum Gasteiger partial charge on any atom is 0.320 e. The predicted octanol–water partition coefficient (Wildman–Crippen LogP) is 2.54. The fourth-order valence-electron chi connectivity index (χ4n) is 2.76. The van der Waals surface area contributed by atoms with Crippen LogP contribution in [0.15, 0.2) is 54.6 Å². The molecule has 30 heavy (non-hydrogen) atoms. The van der Waals surface area contributed by atoms with Crippen LogP contribution in [0.1, 0.15) is 30.2 Å². The molecule has 1 aromatic heterocycles. The molecular weight excluding hydrogens is 384 g/mol. The smallest absolute Gasteiger partial charge is 0.320 e. The Kier molecular flexibility index (Phi) is 6.99. The highest BCUT2D eigenvalue weighted by Crippen LogP contribution is 2.20. The van der Waals surface area contributed by atoms with Crippen molar-refractivity contribution < 1.29 is 14.3 Å². The second-order valence-corrected chi connectivity index (χ2v) is 6.49. The molecule has 3 aromatic rings. The Labute approximate surface area is 174 Å². The largest absolute Gasteiger partial charge is 0.484 e. The Balaban J connectivity index is 1.62. The number of H-pyrrole nitrogens is 1. The van der Waals surface area contributed by atoms with Crippen molar-refractivity contribution in [3.8, 4) is 5.75 Å². The normalized spacial score (nSPS) is 11.4. The molecule has 0 spiro atoms. The number of carbonyl (C=O) groups is 2. The van der Waals surface area contributed by atoms with Crippen molar-refractivity contribution >= 4 is 17.6 Å². The van der Waals surface area contributed by atoms with Gasteiger partial charge in [0.1, 0.15) is 17.6 Å². The van der Waals surface area contributed by atoms with Crippen molar-refractivity contribution in [2.24, 2.45) is 0 Å². The third-order valence-corrected chi connectivity index (χ3v) is 4.14. The fraction of sp³-hybridized carbons (Fsp3) is 0.238. The van der Waals surface area contributed by atoms with Crippen LogP contribution in [0.5, 0.6) is 5.75 Å². The number of rotatable bonds is 8. The lowest BCUT2D eigenvalue weighted by Crippen LogP contribution is -2.33. The van der Waals surface area contributed by atoms with E-state index in [0.717, 1.165) is 5.56 Å². The number of aromatic amines is 1. The van der Waals surface area contributed by atoms with E-state index in [1.807, 2.05) is 37.3 Å². The number of hydrogen-bond donors (Lipinski definition) is 4. The first kappa shape index (κ1) is 20.8. The van der Waals surface area contributed by atoms with Crippen molar-refractivity contribution in [3.63, 3.8) is 0 Å². The molecular formula is C21H24N6O3. The Morgan fingerprint density at radius 1 is 1.10 bits per heavy atom. The van der Waals surface area contributed by atoms with E-state index in [0.29, 0.717) is 29.6 Å². The number of urea groups is 1. The molecule has 0 fully saturated rings. The summed E-state index contributed by atoms with van der Waals surface area (Å²) in [6.45, 7) is 4.14. The Morgan fingerprint density at radius 3 is 2.47 bits per heavy atom. The first-order chi connectivity index (χ1) is 14.5. The molecule has 1 unspecified atom stereocenters. The van der Waals surface area contributed by atoms with Crippen LogP contribution in [0.4, 0.5) is 10.5 Å². The molecule has 2 aromatic carbocycles. The van der Waals surface area contributed by atoms with E-state index in [2.05, 4.69) is 31.1 Å². The van der Waals surface area contributed by atoms with E-state index in [1.54, 1.807) is 31.2 Å². The topological polar surface area (TPSA) is 121 Å². The lowest BCUT2D eigenvalue weighted by atomic mass is 10.1. The number of aromatic nitrogens is 3. The highest BCUT2D eigenvalue weighted by Gasteiger charge is 2.20. The van der Waals surface area contributed by atoms with Crippen molar-refractivity contribution in [2.45, 2.75) is 19.9 Å². The van der Waals surface area contributed by atoms with Gasteiger partial charge < -0.3 is 20.7 Å². The van der Waals surface area contributed by atoms with E-state index in [-0.39, 0.29) is 12.5 Å². The van der Waals surface area contributed by atoms with Crippen LogP contribution in [-0.4, -0.2) is 40.3 Å². The van der Waals surface area contributed by atoms with Crippen molar-refractivity contribution in [1.29, 1.82) is 0 Å². The summed E-state index contributed by atoms with van der Waals surface area (Å²) in [5, 5.41) is 15.3. The molecule has 156 valence electrons. The van der Waals surface area contributed by atoms with Crippen LogP contribution in [-0.2, 0) is 4.79 Å². The highest BCUT2D eigenvalue weighted by atomic mass is 16.5. The van der Waals surface area contributed by atoms with Gasteiger partial charge in [0.2, 0.25) is 0 Å². The molecule has 4 N–H and O–H groups in total. The number of hydrogen-bond acceptors (Lipinski definition) is 5. The van der Waals surface area contributed by atoms with Crippen LogP contribution in [0, 0.1) is 6.92 Å². The third-order valence-electron chi connectivity index (χ3n) is 4.14. The summed E-state index contributed by atoms with van der Waals surface area (Å²) >= 11 is 0. The first-order valence-corrected chi connectivity index (χ1v) is 9.56. The van der Waals surface area contributed by atoms with E-state index in [4.69, 9.17) is 4.74 Å². The number of likely N-dealkylation sites (N-methyl/N-ethyl adjacent to an activating group) is 1. The van der Waals surface area contributed by atoms with Crippen molar-refractivity contribution in [2.75, 3.05) is 18.5 Å². The fourth-order valence-corrected chi connectivity index (χ4v) is 2.76. The average Bonchev–Trinajstić information content (AvgIpc) is 3.18. The maximum atomic E-state index is 12.6. The number of nitrogens with one attached hydrogen (secondary N) is 4.